The Bertz CT molecular complexity index is 1100. The molecule has 0 aliphatic rings. The van der Waals surface area contributed by atoms with Crippen molar-refractivity contribution in [2.75, 3.05) is 0 Å². The zero-order valence-electron chi connectivity index (χ0n) is 21.2. The number of aliphatic imine (C=N–C) groups is 1. The first kappa shape index (κ1) is 28.4. The first-order chi connectivity index (χ1) is 16.0. The first-order valence-corrected chi connectivity index (χ1v) is 14.3. The van der Waals surface area contributed by atoms with Gasteiger partial charge in [0.15, 0.2) is 0 Å². The Balaban J connectivity index is 0.00000129. The van der Waals surface area contributed by atoms with E-state index in [1.165, 1.54) is 22.3 Å². The fourth-order valence-corrected chi connectivity index (χ4v) is 3.80. The molecule has 3 aromatic rings. The second-order valence-electron chi connectivity index (χ2n) is 9.54. The Morgan fingerprint density at radius 2 is 1.53 bits per heavy atom. The van der Waals surface area contributed by atoms with E-state index in [9.17, 15) is 0 Å². The molecule has 1 aromatic heterocycles. The van der Waals surface area contributed by atoms with Crippen molar-refractivity contribution in [3.63, 3.8) is 0 Å². The van der Waals surface area contributed by atoms with E-state index in [2.05, 4.69) is 84.9 Å². The molecule has 0 fully saturated rings. The van der Waals surface area contributed by atoms with Gasteiger partial charge in [-0.15, -0.1) is 5.69 Å². The number of aryl methyl sites for hydroxylation is 3. The number of hydrogen-bond acceptors (Lipinski definition) is 2. The van der Waals surface area contributed by atoms with E-state index in [1.807, 2.05) is 25.1 Å². The Morgan fingerprint density at radius 1 is 0.971 bits per heavy atom. The van der Waals surface area contributed by atoms with Crippen LogP contribution in [-0.2, 0) is 18.5 Å². The zero-order valence-corrected chi connectivity index (χ0v) is 23.8. The quantitative estimate of drug-likeness (QED) is 0.235. The van der Waals surface area contributed by atoms with Crippen molar-refractivity contribution in [1.82, 2.24) is 4.98 Å². The van der Waals surface area contributed by atoms with Crippen LogP contribution in [0.4, 0.5) is 11.4 Å². The van der Waals surface area contributed by atoms with E-state index < -0.39 is 0 Å². The van der Waals surface area contributed by atoms with Crippen molar-refractivity contribution in [3.8, 4) is 0 Å². The number of aromatic nitrogens is 1. The Morgan fingerprint density at radius 3 is 2.06 bits per heavy atom. The topological polar surface area (TPSA) is 39.4 Å². The van der Waals surface area contributed by atoms with Crippen molar-refractivity contribution in [2.24, 2.45) is 4.99 Å². The van der Waals surface area contributed by atoms with Gasteiger partial charge in [-0.3, -0.25) is 9.98 Å². The fraction of sp³-hybridized carbons (Fsp3) is 0.357. The fourth-order valence-electron chi connectivity index (χ4n) is 3.80. The van der Waals surface area contributed by atoms with Crippen LogP contribution in [0.3, 0.4) is 0 Å². The van der Waals surface area contributed by atoms with Gasteiger partial charge in [0.05, 0.1) is 17.1 Å². The van der Waals surface area contributed by atoms with Gasteiger partial charge in [0.2, 0.25) is 0 Å². The number of nitrogens with zero attached hydrogens (tertiary/aromatic N) is 3. The first-order valence-electron chi connectivity index (χ1n) is 11.2. The predicted octanol–water partition coefficient (Wildman–Crippen LogP) is 9.59. The van der Waals surface area contributed by atoms with Crippen LogP contribution in [0.5, 0.6) is 0 Å². The average molecular weight is 539 g/mol. The Kier molecular flexibility index (Phi) is 10.6. The molecule has 3 nitrogen and oxygen atoms in total. The second kappa shape index (κ2) is 12.7. The van der Waals surface area contributed by atoms with Gasteiger partial charge in [-0.25, -0.2) is 0 Å². The summed E-state index contributed by atoms with van der Waals surface area (Å²) < 4.78 is 0. The third-order valence-corrected chi connectivity index (χ3v) is 5.56. The van der Waals surface area contributed by atoms with Crippen LogP contribution >= 0.6 is 20.2 Å². The van der Waals surface area contributed by atoms with Gasteiger partial charge in [-0.05, 0) is 61.9 Å². The van der Waals surface area contributed by atoms with E-state index in [0.29, 0.717) is 0 Å². The van der Waals surface area contributed by atoms with Crippen LogP contribution < -0.4 is 0 Å². The van der Waals surface area contributed by atoms with Crippen molar-refractivity contribution < 1.29 is 13.1 Å². The molecule has 0 amide bonds. The van der Waals surface area contributed by atoms with E-state index in [1.54, 1.807) is 0 Å². The van der Waals surface area contributed by atoms with Gasteiger partial charge < -0.3 is 5.32 Å². The molecule has 0 aliphatic carbocycles. The van der Waals surface area contributed by atoms with Crippen molar-refractivity contribution in [2.45, 2.75) is 66.8 Å². The van der Waals surface area contributed by atoms with E-state index >= 15 is 0 Å². The average Bonchev–Trinajstić information content (AvgIpc) is 2.76. The summed E-state index contributed by atoms with van der Waals surface area (Å²) in [6, 6.07) is 18.9. The van der Waals surface area contributed by atoms with Gasteiger partial charge in [0.25, 0.3) is 0 Å². The summed E-state index contributed by atoms with van der Waals surface area (Å²) in [6.45, 7) is 17.1. The van der Waals surface area contributed by atoms with Gasteiger partial charge in [-0.2, -0.15) is 0 Å². The molecule has 0 radical (unpaired) electrons. The molecule has 1 atom stereocenters. The van der Waals surface area contributed by atoms with E-state index in [-0.39, 0.29) is 24.6 Å². The number of rotatable bonds is 5. The number of benzene rings is 2. The SMILES string of the molecule is CC(=Nc1c(C)cc(C)cc1C)c1cccc(C(C)[N-]c2ccc(C(C)(C)C)cc2)n1.[Cl][Fe+][Cl]. The van der Waals surface area contributed by atoms with Crippen LogP contribution in [0, 0.1) is 20.8 Å². The summed E-state index contributed by atoms with van der Waals surface area (Å²) in [4.78, 5) is 9.78. The van der Waals surface area contributed by atoms with Gasteiger partial charge in [0.1, 0.15) is 0 Å². The monoisotopic (exact) mass is 538 g/mol. The molecule has 1 unspecified atom stereocenters. The Labute approximate surface area is 220 Å². The van der Waals surface area contributed by atoms with Gasteiger partial charge in [-0.1, -0.05) is 81.8 Å². The minimum atomic E-state index is -0.0314. The molecule has 0 saturated heterocycles. The van der Waals surface area contributed by atoms with E-state index in [0.717, 1.165) is 28.5 Å². The number of halogens is 2. The van der Waals surface area contributed by atoms with Crippen molar-refractivity contribution >= 4 is 37.3 Å². The van der Waals surface area contributed by atoms with Crippen molar-refractivity contribution in [1.29, 1.82) is 0 Å². The molecular formula is C28H34Cl2FeN3. The molecule has 0 saturated carbocycles. The van der Waals surface area contributed by atoms with Crippen LogP contribution in [0.25, 0.3) is 5.32 Å². The zero-order chi connectivity index (χ0) is 25.5. The molecule has 0 spiro atoms. The summed E-state index contributed by atoms with van der Waals surface area (Å²) in [6.07, 6.45) is 0. The number of hydrogen-bond donors (Lipinski definition) is 0. The molecule has 6 heteroatoms. The summed E-state index contributed by atoms with van der Waals surface area (Å²) in [5.41, 5.74) is 9.86. The number of pyridine rings is 1. The molecule has 3 rings (SSSR count). The maximum absolute atomic E-state index is 4.91. The Hall–Kier alpha value is -1.84. The molecule has 0 aliphatic heterocycles. The summed E-state index contributed by atoms with van der Waals surface area (Å²) >= 11 is 0.194. The molecule has 0 N–H and O–H groups in total. The molecule has 0 bridgehead atoms. The molecule has 183 valence electrons. The summed E-state index contributed by atoms with van der Waals surface area (Å²) in [5.74, 6) is 0. The second-order valence-corrected chi connectivity index (χ2v) is 11.4. The van der Waals surface area contributed by atoms with Crippen LogP contribution in [0.1, 0.15) is 74.3 Å². The van der Waals surface area contributed by atoms with Gasteiger partial charge >= 0.3 is 33.3 Å². The summed E-state index contributed by atoms with van der Waals surface area (Å²) in [5, 5.41) is 4.87. The normalized spacial score (nSPS) is 12.6. The molecule has 1 heterocycles. The molecule has 34 heavy (non-hydrogen) atoms. The predicted molar refractivity (Wildman–Crippen MR) is 145 cm³/mol. The minimum absolute atomic E-state index is 0.0314. The third-order valence-electron chi connectivity index (χ3n) is 5.56. The van der Waals surface area contributed by atoms with E-state index in [4.69, 9.17) is 35.5 Å². The maximum atomic E-state index is 4.91. The third kappa shape index (κ3) is 8.13. The van der Waals surface area contributed by atoms with Crippen LogP contribution in [-0.4, -0.2) is 10.7 Å². The van der Waals surface area contributed by atoms with Crippen LogP contribution in [0.2, 0.25) is 0 Å². The van der Waals surface area contributed by atoms with Crippen molar-refractivity contribution in [3.05, 3.63) is 93.6 Å². The molecular weight excluding hydrogens is 505 g/mol. The standard InChI is InChI=1S/C28H34N3.2ClH.Fe/c1-18-16-19(2)27(20(3)17-18)30-22(5)26-11-9-10-25(31-26)21(4)29-24-14-12-23(13-15-24)28(6,7)8;;;/h9-17,21H,1-8H3;2*1H;/q-1;;;+3/p-2. The van der Waals surface area contributed by atoms with Gasteiger partial charge in [0, 0.05) is 5.69 Å². The summed E-state index contributed by atoms with van der Waals surface area (Å²) in [7, 11) is 9.53. The van der Waals surface area contributed by atoms with Crippen LogP contribution in [0.15, 0.2) is 59.6 Å². The molecule has 2 aromatic carbocycles.